The molecule has 1 aliphatic heterocycles. The van der Waals surface area contributed by atoms with Crippen LogP contribution < -0.4 is 9.47 Å². The van der Waals surface area contributed by atoms with Crippen molar-refractivity contribution in [2.45, 2.75) is 13.0 Å². The number of carboxylic acids is 1. The van der Waals surface area contributed by atoms with E-state index in [-0.39, 0.29) is 11.5 Å². The van der Waals surface area contributed by atoms with Gasteiger partial charge in [-0.15, -0.1) is 0 Å². The van der Waals surface area contributed by atoms with E-state index >= 15 is 0 Å². The summed E-state index contributed by atoms with van der Waals surface area (Å²) in [6, 6.07) is 11.7. The Morgan fingerprint density at radius 3 is 2.75 bits per heavy atom. The molecule has 0 aromatic heterocycles. The lowest BCUT2D eigenvalue weighted by Gasteiger charge is -2.10. The Morgan fingerprint density at radius 2 is 2.04 bits per heavy atom. The maximum Gasteiger partial charge on any atom is 0.344 e. The molecule has 1 atom stereocenters. The largest absolute Gasteiger partial charge is 0.479 e. The topological polar surface area (TPSA) is 72.8 Å². The summed E-state index contributed by atoms with van der Waals surface area (Å²) in [5.74, 6) is -0.542. The molecule has 24 heavy (non-hydrogen) atoms. The van der Waals surface area contributed by atoms with Gasteiger partial charge in [0, 0.05) is 11.1 Å². The first-order chi connectivity index (χ1) is 11.5. The second-order valence-electron chi connectivity index (χ2n) is 5.22. The highest BCUT2D eigenvalue weighted by molar-refractivity contribution is 6.32. The van der Waals surface area contributed by atoms with Gasteiger partial charge in [-0.3, -0.25) is 4.79 Å². The number of hydrogen-bond acceptors (Lipinski definition) is 4. The number of carbonyl (C=O) groups excluding carboxylic acids is 1. The van der Waals surface area contributed by atoms with E-state index in [9.17, 15) is 9.59 Å². The van der Waals surface area contributed by atoms with E-state index in [4.69, 9.17) is 26.2 Å². The fourth-order valence-electron chi connectivity index (χ4n) is 2.23. The third kappa shape index (κ3) is 3.12. The van der Waals surface area contributed by atoms with Crippen molar-refractivity contribution in [3.05, 3.63) is 64.4 Å². The molecule has 1 heterocycles. The first-order valence-corrected chi connectivity index (χ1v) is 7.56. The summed E-state index contributed by atoms with van der Waals surface area (Å²) in [5, 5.41) is 9.39. The number of hydrogen-bond donors (Lipinski definition) is 1. The van der Waals surface area contributed by atoms with Crippen LogP contribution in [0.25, 0.3) is 6.08 Å². The third-order valence-corrected chi connectivity index (χ3v) is 3.84. The van der Waals surface area contributed by atoms with Crippen molar-refractivity contribution in [3.8, 4) is 11.5 Å². The Labute approximate surface area is 143 Å². The number of carbonyl (C=O) groups is 2. The summed E-state index contributed by atoms with van der Waals surface area (Å²) < 4.78 is 10.9. The summed E-state index contributed by atoms with van der Waals surface area (Å²) in [5.41, 5.74) is 1.06. The number of benzene rings is 2. The molecule has 122 valence electrons. The molecule has 0 bridgehead atoms. The van der Waals surface area contributed by atoms with Crippen molar-refractivity contribution in [1.29, 1.82) is 0 Å². The SMILES string of the molecule is CC(Oc1ccc2c(c1)O/C(=C\c1ccccc1Cl)C2=O)C(=O)O. The zero-order chi connectivity index (χ0) is 17.3. The molecule has 2 aromatic carbocycles. The van der Waals surface area contributed by atoms with E-state index in [0.29, 0.717) is 27.6 Å². The van der Waals surface area contributed by atoms with Gasteiger partial charge in [-0.2, -0.15) is 0 Å². The molecular formula is C18H13ClO5. The zero-order valence-corrected chi connectivity index (χ0v) is 13.4. The zero-order valence-electron chi connectivity index (χ0n) is 12.7. The molecule has 5 nitrogen and oxygen atoms in total. The molecule has 1 aliphatic rings. The Hall–Kier alpha value is -2.79. The van der Waals surface area contributed by atoms with Gasteiger partial charge < -0.3 is 14.6 Å². The van der Waals surface area contributed by atoms with Crippen molar-refractivity contribution in [3.63, 3.8) is 0 Å². The lowest BCUT2D eigenvalue weighted by molar-refractivity contribution is -0.144. The summed E-state index contributed by atoms with van der Waals surface area (Å²) in [6.07, 6.45) is 0.573. The number of fused-ring (bicyclic) bond motifs is 1. The molecule has 1 unspecified atom stereocenters. The summed E-state index contributed by atoms with van der Waals surface area (Å²) in [7, 11) is 0. The van der Waals surface area contributed by atoms with Crippen LogP contribution in [0.1, 0.15) is 22.8 Å². The quantitative estimate of drug-likeness (QED) is 0.854. The van der Waals surface area contributed by atoms with E-state index in [0.717, 1.165) is 0 Å². The van der Waals surface area contributed by atoms with E-state index in [1.54, 1.807) is 30.3 Å². The number of Topliss-reactive ketones (excluding diaryl/α,β-unsaturated/α-hetero) is 1. The third-order valence-electron chi connectivity index (χ3n) is 3.49. The second-order valence-corrected chi connectivity index (χ2v) is 5.62. The van der Waals surface area contributed by atoms with Crippen LogP contribution in [0.3, 0.4) is 0 Å². The predicted octanol–water partition coefficient (Wildman–Crippen LogP) is 3.81. The maximum absolute atomic E-state index is 12.4. The highest BCUT2D eigenvalue weighted by Gasteiger charge is 2.28. The lowest BCUT2D eigenvalue weighted by Crippen LogP contribution is -2.22. The first-order valence-electron chi connectivity index (χ1n) is 7.18. The van der Waals surface area contributed by atoms with Gasteiger partial charge in [-0.25, -0.2) is 4.79 Å². The number of allylic oxidation sites excluding steroid dienone is 1. The van der Waals surface area contributed by atoms with Crippen molar-refractivity contribution in [1.82, 2.24) is 0 Å². The second kappa shape index (κ2) is 6.37. The number of ketones is 1. The minimum atomic E-state index is -1.08. The number of aliphatic carboxylic acids is 1. The molecule has 1 N–H and O–H groups in total. The van der Waals surface area contributed by atoms with E-state index < -0.39 is 12.1 Å². The number of carboxylic acid groups (broad SMARTS) is 1. The Kier molecular flexibility index (Phi) is 4.27. The molecule has 6 heteroatoms. The van der Waals surface area contributed by atoms with E-state index in [1.807, 2.05) is 6.07 Å². The van der Waals surface area contributed by atoms with Crippen molar-refractivity contribution >= 4 is 29.4 Å². The molecule has 0 saturated carbocycles. The van der Waals surface area contributed by atoms with Crippen LogP contribution in [0.4, 0.5) is 0 Å². The lowest BCUT2D eigenvalue weighted by atomic mass is 10.1. The smallest absolute Gasteiger partial charge is 0.344 e. The molecule has 0 radical (unpaired) electrons. The number of ether oxygens (including phenoxy) is 2. The molecule has 0 fully saturated rings. The van der Waals surface area contributed by atoms with Crippen LogP contribution >= 0.6 is 11.6 Å². The Bertz CT molecular complexity index is 856. The standard InChI is InChI=1S/C18H13ClO5/c1-10(18(21)22)23-12-6-7-13-15(9-12)24-16(17(13)20)8-11-4-2-3-5-14(11)19/h2-10H,1H3,(H,21,22)/b16-8-. The molecule has 0 saturated heterocycles. The normalized spacial score (nSPS) is 15.8. The summed E-state index contributed by atoms with van der Waals surface area (Å²) in [6.45, 7) is 1.42. The first kappa shape index (κ1) is 16.1. The van der Waals surface area contributed by atoms with E-state index in [1.165, 1.54) is 19.1 Å². The van der Waals surface area contributed by atoms with Crippen LogP contribution in [0.5, 0.6) is 11.5 Å². The van der Waals surface area contributed by atoms with Crippen molar-refractivity contribution < 1.29 is 24.2 Å². The van der Waals surface area contributed by atoms with Gasteiger partial charge in [0.15, 0.2) is 11.9 Å². The fourth-order valence-corrected chi connectivity index (χ4v) is 2.42. The summed E-state index contributed by atoms with van der Waals surface area (Å²) >= 11 is 6.09. The average Bonchev–Trinajstić information content (AvgIpc) is 2.85. The van der Waals surface area contributed by atoms with Gasteiger partial charge in [0.25, 0.3) is 0 Å². The van der Waals surface area contributed by atoms with Crippen molar-refractivity contribution in [2.24, 2.45) is 0 Å². The van der Waals surface area contributed by atoms with Crippen LogP contribution in [0, 0.1) is 0 Å². The molecule has 0 amide bonds. The maximum atomic E-state index is 12.4. The van der Waals surface area contributed by atoms with Gasteiger partial charge in [0.2, 0.25) is 5.78 Å². The summed E-state index contributed by atoms with van der Waals surface area (Å²) in [4.78, 5) is 23.2. The fraction of sp³-hybridized carbons (Fsp3) is 0.111. The Balaban J connectivity index is 1.88. The van der Waals surface area contributed by atoms with Gasteiger partial charge in [0.05, 0.1) is 5.56 Å². The highest BCUT2D eigenvalue weighted by Crippen LogP contribution is 2.35. The average molecular weight is 345 g/mol. The number of halogens is 1. The van der Waals surface area contributed by atoms with Crippen LogP contribution in [0.15, 0.2) is 48.2 Å². The van der Waals surface area contributed by atoms with Crippen LogP contribution in [0.2, 0.25) is 5.02 Å². The highest BCUT2D eigenvalue weighted by atomic mass is 35.5. The molecule has 0 spiro atoms. The predicted molar refractivity (Wildman–Crippen MR) is 88.6 cm³/mol. The van der Waals surface area contributed by atoms with Gasteiger partial charge >= 0.3 is 5.97 Å². The minimum Gasteiger partial charge on any atom is -0.479 e. The monoisotopic (exact) mass is 344 g/mol. The van der Waals surface area contributed by atoms with Gasteiger partial charge in [-0.05, 0) is 36.8 Å². The van der Waals surface area contributed by atoms with E-state index in [2.05, 4.69) is 0 Å². The minimum absolute atomic E-state index is 0.154. The molecular weight excluding hydrogens is 332 g/mol. The van der Waals surface area contributed by atoms with Crippen LogP contribution in [-0.4, -0.2) is 23.0 Å². The molecule has 0 aliphatic carbocycles. The Morgan fingerprint density at radius 1 is 1.29 bits per heavy atom. The van der Waals surface area contributed by atoms with Gasteiger partial charge in [0.1, 0.15) is 11.5 Å². The van der Waals surface area contributed by atoms with Crippen LogP contribution in [-0.2, 0) is 4.79 Å². The number of rotatable bonds is 4. The van der Waals surface area contributed by atoms with Crippen molar-refractivity contribution in [2.75, 3.05) is 0 Å². The van der Waals surface area contributed by atoms with Gasteiger partial charge in [-0.1, -0.05) is 29.8 Å². The molecule has 3 rings (SSSR count). The molecule has 2 aromatic rings.